The number of ether oxygens (including phenoxy) is 1. The van der Waals surface area contributed by atoms with Crippen LogP contribution in [0.4, 0.5) is 24.8 Å². The van der Waals surface area contributed by atoms with Crippen molar-refractivity contribution in [2.24, 2.45) is 0 Å². The summed E-state index contributed by atoms with van der Waals surface area (Å²) in [6, 6.07) is 3.22. The van der Waals surface area contributed by atoms with Crippen molar-refractivity contribution in [3.63, 3.8) is 0 Å². The van der Waals surface area contributed by atoms with Gasteiger partial charge in [-0.2, -0.15) is 18.3 Å². The number of carbonyl (C=O) groups excluding carboxylic acids is 1. The maximum atomic E-state index is 12.7. The number of benzene rings is 1. The lowest BCUT2D eigenvalue weighted by atomic mass is 10.0. The summed E-state index contributed by atoms with van der Waals surface area (Å²) >= 11 is 0. The normalized spacial score (nSPS) is 14.2. The second-order valence-corrected chi connectivity index (χ2v) is 8.13. The number of amides is 1. The maximum absolute atomic E-state index is 12.7. The fourth-order valence-corrected chi connectivity index (χ4v) is 3.91. The maximum Gasteiger partial charge on any atom is 0.419 e. The molecule has 1 aliphatic heterocycles. The summed E-state index contributed by atoms with van der Waals surface area (Å²) in [4.78, 5) is 38.9. The number of nitrogens with zero attached hydrogens (tertiary/aromatic N) is 6. The smallest absolute Gasteiger partial charge is 0.381 e. The third kappa shape index (κ3) is 5.77. The first-order valence-corrected chi connectivity index (χ1v) is 11.1. The van der Waals surface area contributed by atoms with Gasteiger partial charge in [-0.25, -0.2) is 19.9 Å². The molecule has 2 aromatic heterocycles. The summed E-state index contributed by atoms with van der Waals surface area (Å²) in [5.41, 5.74) is -0.149. The largest absolute Gasteiger partial charge is 0.419 e. The van der Waals surface area contributed by atoms with Gasteiger partial charge in [0, 0.05) is 49.3 Å². The van der Waals surface area contributed by atoms with Gasteiger partial charge >= 0.3 is 6.18 Å². The van der Waals surface area contributed by atoms with Gasteiger partial charge < -0.3 is 14.5 Å². The summed E-state index contributed by atoms with van der Waals surface area (Å²) in [6.07, 6.45) is -0.804. The average Bonchev–Trinajstić information content (AvgIpc) is 2.88. The van der Waals surface area contributed by atoms with Gasteiger partial charge in [0.05, 0.1) is 38.0 Å². The molecule has 0 atom stereocenters. The number of aromatic amines is 1. The predicted octanol–water partition coefficient (Wildman–Crippen LogP) is 2.58. The monoisotopic (exact) mass is 501 g/mol. The Bertz CT molecular complexity index is 1330. The quantitative estimate of drug-likeness (QED) is 0.392. The van der Waals surface area contributed by atoms with Crippen molar-refractivity contribution in [1.29, 1.82) is 0 Å². The van der Waals surface area contributed by atoms with Gasteiger partial charge in [-0.15, -0.1) is 0 Å². The van der Waals surface area contributed by atoms with Gasteiger partial charge in [0.1, 0.15) is 0 Å². The van der Waals surface area contributed by atoms with Gasteiger partial charge in [0.25, 0.3) is 5.56 Å². The SMILES string of the molecule is [C-]#[N+]c1cc(CCOCCC(=O)N2CCN(c3ncc(C(F)(F)F)cn3)CC2)c2cn[nH]c(=O)c2c1. The first kappa shape index (κ1) is 25.1. The summed E-state index contributed by atoms with van der Waals surface area (Å²) in [7, 11) is 0. The van der Waals surface area contributed by atoms with Gasteiger partial charge in [0.2, 0.25) is 11.9 Å². The fraction of sp³-hybridized carbons (Fsp3) is 0.391. The molecular formula is C23H22F3N7O3. The number of hydrogen-bond acceptors (Lipinski definition) is 7. The summed E-state index contributed by atoms with van der Waals surface area (Å²) in [6.45, 7) is 9.38. The van der Waals surface area contributed by atoms with Crippen molar-refractivity contribution in [2.45, 2.75) is 19.0 Å². The van der Waals surface area contributed by atoms with Crippen LogP contribution in [0.25, 0.3) is 15.6 Å². The molecule has 4 rings (SSSR count). The predicted molar refractivity (Wildman–Crippen MR) is 124 cm³/mol. The zero-order chi connectivity index (χ0) is 25.7. The molecule has 3 heterocycles. The van der Waals surface area contributed by atoms with E-state index in [0.29, 0.717) is 55.7 Å². The molecule has 0 radical (unpaired) electrons. The van der Waals surface area contributed by atoms with Crippen LogP contribution >= 0.6 is 0 Å². The van der Waals surface area contributed by atoms with E-state index in [1.807, 2.05) is 0 Å². The lowest BCUT2D eigenvalue weighted by molar-refractivity contribution is -0.138. The number of piperazine rings is 1. The highest BCUT2D eigenvalue weighted by molar-refractivity contribution is 5.87. The first-order chi connectivity index (χ1) is 17.3. The molecule has 188 valence electrons. The van der Waals surface area contributed by atoms with E-state index in [2.05, 4.69) is 25.0 Å². The molecule has 0 unspecified atom stereocenters. The van der Waals surface area contributed by atoms with Gasteiger partial charge in [-0.05, 0) is 18.1 Å². The molecule has 1 fully saturated rings. The number of H-pyrrole nitrogens is 1. The number of fused-ring (bicyclic) bond motifs is 1. The minimum atomic E-state index is -4.49. The molecule has 0 saturated carbocycles. The van der Waals surface area contributed by atoms with Crippen LogP contribution < -0.4 is 10.5 Å². The molecule has 1 aromatic carbocycles. The van der Waals surface area contributed by atoms with Crippen molar-refractivity contribution < 1.29 is 22.7 Å². The zero-order valence-corrected chi connectivity index (χ0v) is 19.1. The Morgan fingerprint density at radius 2 is 1.81 bits per heavy atom. The molecule has 36 heavy (non-hydrogen) atoms. The zero-order valence-electron chi connectivity index (χ0n) is 19.1. The van der Waals surface area contributed by atoms with Crippen LogP contribution in [-0.4, -0.2) is 70.4 Å². The second kappa shape index (κ2) is 10.7. The molecular weight excluding hydrogens is 479 g/mol. The minimum absolute atomic E-state index is 0.0841. The molecule has 1 amide bonds. The van der Waals surface area contributed by atoms with Crippen LogP contribution in [0.1, 0.15) is 17.5 Å². The lowest BCUT2D eigenvalue weighted by Gasteiger charge is -2.34. The van der Waals surface area contributed by atoms with Gasteiger partial charge in [-0.1, -0.05) is 6.07 Å². The number of rotatable bonds is 7. The van der Waals surface area contributed by atoms with Crippen molar-refractivity contribution in [3.05, 3.63) is 63.6 Å². The summed E-state index contributed by atoms with van der Waals surface area (Å²) in [5.74, 6) is 0.115. The van der Waals surface area contributed by atoms with E-state index in [1.165, 1.54) is 6.07 Å². The third-order valence-corrected chi connectivity index (χ3v) is 5.84. The molecule has 3 aromatic rings. The van der Waals surface area contributed by atoms with Crippen LogP contribution in [0, 0.1) is 6.57 Å². The van der Waals surface area contributed by atoms with E-state index < -0.39 is 11.7 Å². The molecule has 1 aliphatic rings. The van der Waals surface area contributed by atoms with Gasteiger partial charge in [0.15, 0.2) is 5.69 Å². The molecule has 1 N–H and O–H groups in total. The number of anilines is 1. The van der Waals surface area contributed by atoms with Crippen molar-refractivity contribution >= 4 is 28.3 Å². The summed E-state index contributed by atoms with van der Waals surface area (Å²) in [5, 5.41) is 7.23. The van der Waals surface area contributed by atoms with Crippen molar-refractivity contribution in [2.75, 3.05) is 44.3 Å². The molecule has 13 heteroatoms. The van der Waals surface area contributed by atoms with Crippen molar-refractivity contribution in [1.82, 2.24) is 25.1 Å². The van der Waals surface area contributed by atoms with E-state index in [1.54, 1.807) is 22.1 Å². The number of hydrogen-bond donors (Lipinski definition) is 1. The number of alkyl halides is 3. The average molecular weight is 501 g/mol. The Morgan fingerprint density at radius 1 is 1.08 bits per heavy atom. The summed E-state index contributed by atoms with van der Waals surface area (Å²) < 4.78 is 43.6. The van der Waals surface area contributed by atoms with E-state index in [9.17, 15) is 22.8 Å². The highest BCUT2D eigenvalue weighted by Crippen LogP contribution is 2.28. The van der Waals surface area contributed by atoms with Crippen LogP contribution in [0.5, 0.6) is 0 Å². The highest BCUT2D eigenvalue weighted by Gasteiger charge is 2.32. The first-order valence-electron chi connectivity index (χ1n) is 11.1. The van der Waals surface area contributed by atoms with Crippen molar-refractivity contribution in [3.8, 4) is 0 Å². The second-order valence-electron chi connectivity index (χ2n) is 8.13. The number of nitrogens with one attached hydrogen (secondary N) is 1. The van der Waals surface area contributed by atoms with Gasteiger partial charge in [-0.3, -0.25) is 9.59 Å². The fourth-order valence-electron chi connectivity index (χ4n) is 3.91. The minimum Gasteiger partial charge on any atom is -0.381 e. The van der Waals surface area contributed by atoms with E-state index in [0.717, 1.165) is 18.0 Å². The van der Waals surface area contributed by atoms with Crippen LogP contribution in [0.15, 0.2) is 35.5 Å². The van der Waals surface area contributed by atoms with E-state index in [-0.39, 0.29) is 30.4 Å². The number of carbonyl (C=O) groups is 1. The Morgan fingerprint density at radius 3 is 2.47 bits per heavy atom. The van der Waals surface area contributed by atoms with Crippen LogP contribution in [0.3, 0.4) is 0 Å². The molecule has 0 bridgehead atoms. The molecule has 0 aliphatic carbocycles. The third-order valence-electron chi connectivity index (χ3n) is 5.84. The van der Waals surface area contributed by atoms with Crippen LogP contribution in [-0.2, 0) is 22.1 Å². The molecule has 0 spiro atoms. The molecule has 1 saturated heterocycles. The Hall–Kier alpha value is -4.05. The van der Waals surface area contributed by atoms with Crippen LogP contribution in [0.2, 0.25) is 0 Å². The number of halogens is 3. The van der Waals surface area contributed by atoms with E-state index >= 15 is 0 Å². The lowest BCUT2D eigenvalue weighted by Crippen LogP contribution is -2.49. The van der Waals surface area contributed by atoms with E-state index in [4.69, 9.17) is 11.3 Å². The number of aromatic nitrogens is 4. The highest BCUT2D eigenvalue weighted by atomic mass is 19.4. The Labute approximate surface area is 203 Å². The Kier molecular flexibility index (Phi) is 7.44. The Balaban J connectivity index is 1.22. The molecule has 10 nitrogen and oxygen atoms in total. The standard InChI is InChI=1S/C23H22F3N7O3/c1-27-17-10-15(19-14-30-31-21(35)18(19)11-17)2-8-36-9-3-20(34)32-4-6-33(7-5-32)22-28-12-16(13-29-22)23(24,25)26/h10-14H,2-9H2,(H,31,35). The topological polar surface area (TPSA) is 109 Å².